The molecule has 0 saturated heterocycles. The molecule has 3 aromatic rings. The molecule has 28 heavy (non-hydrogen) atoms. The van der Waals surface area contributed by atoms with Crippen molar-refractivity contribution >= 4 is 23.3 Å². The molecule has 3 rings (SSSR count). The van der Waals surface area contributed by atoms with Crippen molar-refractivity contribution in [2.75, 3.05) is 24.9 Å². The highest BCUT2D eigenvalue weighted by Crippen LogP contribution is 2.29. The molecule has 144 valence electrons. The van der Waals surface area contributed by atoms with Crippen molar-refractivity contribution in [3.8, 4) is 11.5 Å². The van der Waals surface area contributed by atoms with Gasteiger partial charge in [0.05, 0.1) is 25.3 Å². The number of aromatic nitrogens is 2. The average Bonchev–Trinajstić information content (AvgIpc) is 3.12. The fourth-order valence-corrected chi connectivity index (χ4v) is 2.42. The van der Waals surface area contributed by atoms with Crippen LogP contribution in [0.1, 0.15) is 26.5 Å². The van der Waals surface area contributed by atoms with E-state index in [2.05, 4.69) is 20.8 Å². The van der Waals surface area contributed by atoms with Crippen molar-refractivity contribution in [2.45, 2.75) is 6.92 Å². The zero-order valence-electron chi connectivity index (χ0n) is 15.5. The van der Waals surface area contributed by atoms with Gasteiger partial charge < -0.3 is 24.6 Å². The summed E-state index contributed by atoms with van der Waals surface area (Å²) in [6.45, 7) is 1.71. The zero-order valence-corrected chi connectivity index (χ0v) is 15.5. The second-order valence-electron chi connectivity index (χ2n) is 5.76. The minimum atomic E-state index is -0.457. The molecule has 0 aliphatic heterocycles. The number of nitrogens with zero attached hydrogens (tertiary/aromatic N) is 2. The second kappa shape index (κ2) is 8.21. The van der Waals surface area contributed by atoms with Crippen molar-refractivity contribution in [3.05, 3.63) is 59.6 Å². The molecular formula is C19H18N4O5. The number of rotatable bonds is 6. The first-order valence-corrected chi connectivity index (χ1v) is 8.23. The molecular weight excluding hydrogens is 364 g/mol. The summed E-state index contributed by atoms with van der Waals surface area (Å²) in [5, 5.41) is 9.00. The Balaban J connectivity index is 1.74. The van der Waals surface area contributed by atoms with Crippen LogP contribution in [0.4, 0.5) is 11.5 Å². The topological polar surface area (TPSA) is 116 Å². The summed E-state index contributed by atoms with van der Waals surface area (Å²) in [5.41, 5.74) is 0.940. The van der Waals surface area contributed by atoms with Crippen LogP contribution in [0.5, 0.6) is 11.5 Å². The third kappa shape index (κ3) is 4.26. The van der Waals surface area contributed by atoms with Crippen molar-refractivity contribution in [3.63, 3.8) is 0 Å². The van der Waals surface area contributed by atoms with Crippen molar-refractivity contribution < 1.29 is 23.6 Å². The maximum atomic E-state index is 12.5. The Morgan fingerprint density at radius 2 is 1.61 bits per heavy atom. The van der Waals surface area contributed by atoms with E-state index in [1.807, 2.05) is 0 Å². The molecule has 0 spiro atoms. The predicted octanol–water partition coefficient (Wildman–Crippen LogP) is 2.90. The summed E-state index contributed by atoms with van der Waals surface area (Å²) >= 11 is 0. The molecule has 2 amide bonds. The number of carbonyl (C=O) groups is 2. The van der Waals surface area contributed by atoms with Crippen molar-refractivity contribution in [1.29, 1.82) is 0 Å². The molecule has 2 N–H and O–H groups in total. The number of carbonyl (C=O) groups excluding carboxylic acids is 2. The molecule has 1 aromatic carbocycles. The average molecular weight is 382 g/mol. The minimum absolute atomic E-state index is 0.209. The number of hydrogen-bond donors (Lipinski definition) is 2. The van der Waals surface area contributed by atoms with Crippen molar-refractivity contribution in [1.82, 2.24) is 10.1 Å². The Labute approximate surface area is 160 Å². The standard InChI is InChI=1S/C19H18N4O5/c1-11-6-17(23-28-11)22-19(25)13-7-12(9-20-10-13)18(24)21-14-4-5-15(26-2)16(8-14)27-3/h4-10H,1-3H3,(H,21,24)(H,22,23,25). The lowest BCUT2D eigenvalue weighted by molar-refractivity contribution is 0.102. The van der Waals surface area contributed by atoms with E-state index < -0.39 is 11.8 Å². The lowest BCUT2D eigenvalue weighted by Crippen LogP contribution is -2.16. The quantitative estimate of drug-likeness (QED) is 0.673. The fourth-order valence-electron chi connectivity index (χ4n) is 2.42. The molecule has 0 radical (unpaired) electrons. The first-order valence-electron chi connectivity index (χ1n) is 8.23. The Bertz CT molecular complexity index is 1020. The summed E-state index contributed by atoms with van der Waals surface area (Å²) in [4.78, 5) is 28.8. The van der Waals surface area contributed by atoms with E-state index in [0.717, 1.165) is 0 Å². The van der Waals surface area contributed by atoms with E-state index >= 15 is 0 Å². The van der Waals surface area contributed by atoms with Crippen LogP contribution >= 0.6 is 0 Å². The fraction of sp³-hybridized carbons (Fsp3) is 0.158. The number of amides is 2. The minimum Gasteiger partial charge on any atom is -0.493 e. The highest BCUT2D eigenvalue weighted by Gasteiger charge is 2.14. The summed E-state index contributed by atoms with van der Waals surface area (Å²) < 4.78 is 15.3. The number of methoxy groups -OCH3 is 2. The Hall–Kier alpha value is -3.88. The predicted molar refractivity (Wildman–Crippen MR) is 101 cm³/mol. The molecule has 9 nitrogen and oxygen atoms in total. The normalized spacial score (nSPS) is 10.2. The van der Waals surface area contributed by atoms with Crippen LogP contribution in [0.2, 0.25) is 0 Å². The van der Waals surface area contributed by atoms with Gasteiger partial charge in [-0.05, 0) is 25.1 Å². The van der Waals surface area contributed by atoms with E-state index in [4.69, 9.17) is 14.0 Å². The zero-order chi connectivity index (χ0) is 20.1. The van der Waals surface area contributed by atoms with Gasteiger partial charge >= 0.3 is 0 Å². The summed E-state index contributed by atoms with van der Waals surface area (Å²) in [6, 6.07) is 8.00. The number of pyridine rings is 1. The molecule has 0 unspecified atom stereocenters. The highest BCUT2D eigenvalue weighted by atomic mass is 16.5. The van der Waals surface area contributed by atoms with Gasteiger partial charge in [-0.25, -0.2) is 0 Å². The molecule has 0 fully saturated rings. The molecule has 0 bridgehead atoms. The molecule has 2 aromatic heterocycles. The number of ether oxygens (including phenoxy) is 2. The smallest absolute Gasteiger partial charge is 0.258 e. The monoisotopic (exact) mass is 382 g/mol. The largest absolute Gasteiger partial charge is 0.493 e. The third-order valence-corrected chi connectivity index (χ3v) is 3.77. The number of nitrogens with one attached hydrogen (secondary N) is 2. The first-order chi connectivity index (χ1) is 13.5. The maximum Gasteiger partial charge on any atom is 0.258 e. The number of benzene rings is 1. The van der Waals surface area contributed by atoms with E-state index in [0.29, 0.717) is 22.9 Å². The van der Waals surface area contributed by atoms with Gasteiger partial charge in [0.25, 0.3) is 11.8 Å². The van der Waals surface area contributed by atoms with Gasteiger partial charge in [-0.15, -0.1) is 0 Å². The van der Waals surface area contributed by atoms with Gasteiger partial charge in [-0.3, -0.25) is 14.6 Å². The summed E-state index contributed by atoms with van der Waals surface area (Å²) in [6.07, 6.45) is 2.72. The molecule has 2 heterocycles. The molecule has 0 aliphatic rings. The van der Waals surface area contributed by atoms with Gasteiger partial charge in [0.15, 0.2) is 17.3 Å². The second-order valence-corrected chi connectivity index (χ2v) is 5.76. The lowest BCUT2D eigenvalue weighted by atomic mass is 10.1. The maximum absolute atomic E-state index is 12.5. The molecule has 0 saturated carbocycles. The van der Waals surface area contributed by atoms with Gasteiger partial charge in [-0.2, -0.15) is 0 Å². The Morgan fingerprint density at radius 1 is 0.929 bits per heavy atom. The SMILES string of the molecule is COc1ccc(NC(=O)c2cncc(C(=O)Nc3cc(C)on3)c2)cc1OC. The Kier molecular flexibility index (Phi) is 5.54. The van der Waals surface area contributed by atoms with E-state index in [1.165, 1.54) is 32.7 Å². The van der Waals surface area contributed by atoms with Crippen LogP contribution in [0.25, 0.3) is 0 Å². The molecule has 0 atom stereocenters. The van der Waals surface area contributed by atoms with Gasteiger partial charge in [-0.1, -0.05) is 5.16 Å². The molecule has 0 aliphatic carbocycles. The molecule has 9 heteroatoms. The highest BCUT2D eigenvalue weighted by molar-refractivity contribution is 6.08. The summed E-state index contributed by atoms with van der Waals surface area (Å²) in [7, 11) is 3.03. The first kappa shape index (κ1) is 18.9. The number of hydrogen-bond acceptors (Lipinski definition) is 7. The number of anilines is 2. The van der Waals surface area contributed by atoms with Crippen LogP contribution in [-0.4, -0.2) is 36.2 Å². The van der Waals surface area contributed by atoms with Crippen molar-refractivity contribution in [2.24, 2.45) is 0 Å². The lowest BCUT2D eigenvalue weighted by Gasteiger charge is -2.11. The van der Waals surface area contributed by atoms with Crippen LogP contribution in [-0.2, 0) is 0 Å². The third-order valence-electron chi connectivity index (χ3n) is 3.77. The van der Waals surface area contributed by atoms with Crippen LogP contribution in [0.15, 0.2) is 47.2 Å². The van der Waals surface area contributed by atoms with Crippen LogP contribution < -0.4 is 20.1 Å². The summed E-state index contributed by atoms with van der Waals surface area (Å²) in [5.74, 6) is 0.991. The number of aryl methyl sites for hydroxylation is 1. The van der Waals surface area contributed by atoms with E-state index in [1.54, 1.807) is 31.2 Å². The van der Waals surface area contributed by atoms with Gasteiger partial charge in [0.2, 0.25) is 0 Å². The van der Waals surface area contributed by atoms with Crippen LogP contribution in [0.3, 0.4) is 0 Å². The van der Waals surface area contributed by atoms with Gasteiger partial charge in [0, 0.05) is 30.2 Å². The van der Waals surface area contributed by atoms with E-state index in [9.17, 15) is 9.59 Å². The van der Waals surface area contributed by atoms with E-state index in [-0.39, 0.29) is 16.9 Å². The van der Waals surface area contributed by atoms with Crippen LogP contribution in [0, 0.1) is 6.92 Å². The Morgan fingerprint density at radius 3 is 2.21 bits per heavy atom. The van der Waals surface area contributed by atoms with Gasteiger partial charge in [0.1, 0.15) is 5.76 Å².